The summed E-state index contributed by atoms with van der Waals surface area (Å²) in [5.74, 6) is -0.473. The molecule has 6 heteroatoms. The molecule has 0 aliphatic heterocycles. The van der Waals surface area contributed by atoms with Crippen molar-refractivity contribution in [3.8, 4) is 0 Å². The lowest BCUT2D eigenvalue weighted by atomic mass is 10.3. The Morgan fingerprint density at radius 3 is 2.81 bits per heavy atom. The summed E-state index contributed by atoms with van der Waals surface area (Å²) in [6.07, 6.45) is 4.99. The normalized spacial score (nSPS) is 9.88. The molecule has 0 bridgehead atoms. The largest absolute Gasteiger partial charge is 0.326 e. The molecule has 0 unspecified atom stereocenters. The molecule has 2 aromatic rings. The lowest BCUT2D eigenvalue weighted by Crippen LogP contribution is -2.01. The first kappa shape index (κ1) is 12.6. The standard InChI is InChI=1S/C10H11FN4.ClH/c11-10-3-8(1-2-13-10)6-15-7-9(4-12)5-14-15;/h1-3,5,7H,4,6,12H2;1H. The van der Waals surface area contributed by atoms with Gasteiger partial charge in [0.1, 0.15) is 0 Å². The second kappa shape index (κ2) is 5.58. The van der Waals surface area contributed by atoms with E-state index in [0.717, 1.165) is 11.1 Å². The van der Waals surface area contributed by atoms with Gasteiger partial charge >= 0.3 is 0 Å². The van der Waals surface area contributed by atoms with E-state index in [1.54, 1.807) is 16.9 Å². The molecule has 0 amide bonds. The summed E-state index contributed by atoms with van der Waals surface area (Å²) in [6.45, 7) is 0.990. The number of nitrogens with zero attached hydrogens (tertiary/aromatic N) is 3. The van der Waals surface area contributed by atoms with Gasteiger partial charge in [-0.15, -0.1) is 12.4 Å². The predicted molar refractivity (Wildman–Crippen MR) is 60.7 cm³/mol. The molecule has 4 nitrogen and oxygen atoms in total. The van der Waals surface area contributed by atoms with Crippen LogP contribution in [-0.2, 0) is 13.1 Å². The molecule has 0 atom stereocenters. The average Bonchev–Trinajstić information content (AvgIpc) is 2.65. The Morgan fingerprint density at radius 1 is 1.38 bits per heavy atom. The Bertz CT molecular complexity index is 458. The topological polar surface area (TPSA) is 56.7 Å². The van der Waals surface area contributed by atoms with Gasteiger partial charge in [-0.3, -0.25) is 4.68 Å². The zero-order valence-electron chi connectivity index (χ0n) is 8.51. The maximum atomic E-state index is 12.8. The third-order valence-electron chi connectivity index (χ3n) is 2.06. The minimum Gasteiger partial charge on any atom is -0.326 e. The van der Waals surface area contributed by atoms with Crippen molar-refractivity contribution in [3.63, 3.8) is 0 Å². The van der Waals surface area contributed by atoms with Crippen LogP contribution in [0, 0.1) is 5.95 Å². The van der Waals surface area contributed by atoms with Crippen molar-refractivity contribution in [2.24, 2.45) is 5.73 Å². The molecule has 0 saturated carbocycles. The van der Waals surface area contributed by atoms with Gasteiger partial charge in [-0.25, -0.2) is 4.98 Å². The van der Waals surface area contributed by atoms with Crippen molar-refractivity contribution in [2.75, 3.05) is 0 Å². The second-order valence-corrected chi connectivity index (χ2v) is 3.24. The highest BCUT2D eigenvalue weighted by Gasteiger charge is 1.99. The molecule has 2 rings (SSSR count). The van der Waals surface area contributed by atoms with Crippen LogP contribution in [0.5, 0.6) is 0 Å². The molecule has 0 aliphatic rings. The maximum Gasteiger partial charge on any atom is 0.213 e. The molecule has 0 saturated heterocycles. The third kappa shape index (κ3) is 3.01. The highest BCUT2D eigenvalue weighted by atomic mass is 35.5. The first-order chi connectivity index (χ1) is 7.28. The summed E-state index contributed by atoms with van der Waals surface area (Å²) in [5.41, 5.74) is 7.25. The van der Waals surface area contributed by atoms with Gasteiger partial charge in [0.05, 0.1) is 12.7 Å². The fourth-order valence-electron chi connectivity index (χ4n) is 1.33. The number of hydrogen-bond acceptors (Lipinski definition) is 3. The van der Waals surface area contributed by atoms with E-state index in [0.29, 0.717) is 13.1 Å². The van der Waals surface area contributed by atoms with Gasteiger partial charge in [-0.2, -0.15) is 9.49 Å². The lowest BCUT2D eigenvalue weighted by Gasteiger charge is -2.00. The van der Waals surface area contributed by atoms with Crippen molar-refractivity contribution >= 4 is 12.4 Å². The van der Waals surface area contributed by atoms with Crippen molar-refractivity contribution in [1.29, 1.82) is 0 Å². The average molecular weight is 243 g/mol. The molecule has 0 radical (unpaired) electrons. The minimum absolute atomic E-state index is 0. The van der Waals surface area contributed by atoms with Gasteiger partial charge in [0.15, 0.2) is 0 Å². The van der Waals surface area contributed by atoms with Gasteiger partial charge in [0.25, 0.3) is 0 Å². The molecule has 2 aromatic heterocycles. The second-order valence-electron chi connectivity index (χ2n) is 3.24. The van der Waals surface area contributed by atoms with E-state index in [1.165, 1.54) is 12.3 Å². The van der Waals surface area contributed by atoms with E-state index < -0.39 is 5.95 Å². The van der Waals surface area contributed by atoms with Gasteiger partial charge in [-0.05, 0) is 17.7 Å². The smallest absolute Gasteiger partial charge is 0.213 e. The number of aromatic nitrogens is 3. The Balaban J connectivity index is 0.00000128. The summed E-state index contributed by atoms with van der Waals surface area (Å²) in [6, 6.07) is 3.15. The molecule has 0 aliphatic carbocycles. The van der Waals surface area contributed by atoms with Crippen LogP contribution in [0.4, 0.5) is 4.39 Å². The van der Waals surface area contributed by atoms with E-state index in [1.807, 2.05) is 6.20 Å². The van der Waals surface area contributed by atoms with Gasteiger partial charge in [-0.1, -0.05) is 0 Å². The number of halogens is 2. The number of pyridine rings is 1. The van der Waals surface area contributed by atoms with Crippen molar-refractivity contribution in [1.82, 2.24) is 14.8 Å². The molecular weight excluding hydrogens is 231 g/mol. The minimum atomic E-state index is -0.473. The van der Waals surface area contributed by atoms with Gasteiger partial charge < -0.3 is 5.73 Å². The molecule has 2 N–H and O–H groups in total. The van der Waals surface area contributed by atoms with E-state index in [2.05, 4.69) is 10.1 Å². The van der Waals surface area contributed by atoms with Crippen molar-refractivity contribution in [3.05, 3.63) is 47.8 Å². The SMILES string of the molecule is Cl.NCc1cnn(Cc2ccnc(F)c2)c1. The molecule has 16 heavy (non-hydrogen) atoms. The number of nitrogens with two attached hydrogens (primary N) is 1. The van der Waals surface area contributed by atoms with E-state index in [4.69, 9.17) is 5.73 Å². The number of rotatable bonds is 3. The predicted octanol–water partition coefficient (Wildman–Crippen LogP) is 1.35. The van der Waals surface area contributed by atoms with Crippen LogP contribution in [-0.4, -0.2) is 14.8 Å². The first-order valence-corrected chi connectivity index (χ1v) is 4.60. The highest BCUT2D eigenvalue weighted by Crippen LogP contribution is 2.04. The van der Waals surface area contributed by atoms with Gasteiger partial charge in [0, 0.05) is 24.5 Å². The van der Waals surface area contributed by atoms with Crippen LogP contribution in [0.1, 0.15) is 11.1 Å². The Kier molecular flexibility index (Phi) is 4.39. The van der Waals surface area contributed by atoms with Crippen LogP contribution >= 0.6 is 12.4 Å². The van der Waals surface area contributed by atoms with Crippen LogP contribution in [0.3, 0.4) is 0 Å². The molecule has 0 fully saturated rings. The summed E-state index contributed by atoms with van der Waals surface area (Å²) < 4.78 is 14.5. The Hall–Kier alpha value is -1.46. The van der Waals surface area contributed by atoms with Crippen LogP contribution in [0.15, 0.2) is 30.7 Å². The summed E-state index contributed by atoms with van der Waals surface area (Å²) in [4.78, 5) is 3.49. The van der Waals surface area contributed by atoms with Crippen LogP contribution in [0.25, 0.3) is 0 Å². The fourth-order valence-corrected chi connectivity index (χ4v) is 1.33. The van der Waals surface area contributed by atoms with Crippen molar-refractivity contribution < 1.29 is 4.39 Å². The fraction of sp³-hybridized carbons (Fsp3) is 0.200. The Morgan fingerprint density at radius 2 is 2.19 bits per heavy atom. The summed E-state index contributed by atoms with van der Waals surface area (Å²) in [7, 11) is 0. The zero-order chi connectivity index (χ0) is 10.7. The summed E-state index contributed by atoms with van der Waals surface area (Å²) >= 11 is 0. The van der Waals surface area contributed by atoms with Crippen molar-refractivity contribution in [2.45, 2.75) is 13.1 Å². The highest BCUT2D eigenvalue weighted by molar-refractivity contribution is 5.85. The molecule has 2 heterocycles. The first-order valence-electron chi connectivity index (χ1n) is 4.60. The molecular formula is C10H12ClFN4. The van der Waals surface area contributed by atoms with E-state index in [9.17, 15) is 4.39 Å². The molecule has 0 spiro atoms. The monoisotopic (exact) mass is 242 g/mol. The molecule has 0 aromatic carbocycles. The third-order valence-corrected chi connectivity index (χ3v) is 2.06. The van der Waals surface area contributed by atoms with Gasteiger partial charge in [0.2, 0.25) is 5.95 Å². The maximum absolute atomic E-state index is 12.8. The Labute approximate surface area is 98.7 Å². The quantitative estimate of drug-likeness (QED) is 0.827. The van der Waals surface area contributed by atoms with Crippen LogP contribution < -0.4 is 5.73 Å². The molecule has 86 valence electrons. The summed E-state index contributed by atoms with van der Waals surface area (Å²) in [5, 5.41) is 4.11. The number of hydrogen-bond donors (Lipinski definition) is 1. The lowest BCUT2D eigenvalue weighted by molar-refractivity contribution is 0.577. The van der Waals surface area contributed by atoms with E-state index >= 15 is 0 Å². The zero-order valence-corrected chi connectivity index (χ0v) is 9.32. The van der Waals surface area contributed by atoms with E-state index in [-0.39, 0.29) is 12.4 Å². The van der Waals surface area contributed by atoms with Crippen LogP contribution in [0.2, 0.25) is 0 Å².